The van der Waals surface area contributed by atoms with Crippen LogP contribution in [-0.4, -0.2) is 41.9 Å². The van der Waals surface area contributed by atoms with Crippen molar-refractivity contribution in [3.63, 3.8) is 0 Å². The molecule has 0 aliphatic carbocycles. The van der Waals surface area contributed by atoms with Crippen LogP contribution < -0.4 is 5.32 Å². The van der Waals surface area contributed by atoms with Crippen LogP contribution in [0.15, 0.2) is 24.3 Å². The second kappa shape index (κ2) is 8.90. The Hall–Kier alpha value is -0.260. The van der Waals surface area contributed by atoms with Crippen LogP contribution in [0, 0.1) is 0 Å². The summed E-state index contributed by atoms with van der Waals surface area (Å²) in [5, 5.41) is 13.8. The topological polar surface area (TPSA) is 41.5 Å². The Balaban J connectivity index is 2.14. The highest BCUT2D eigenvalue weighted by Gasteiger charge is 2.15. The fourth-order valence-corrected chi connectivity index (χ4v) is 1.94. The molecule has 0 radical (unpaired) electrons. The normalized spacial score (nSPS) is 13.4. The lowest BCUT2D eigenvalue weighted by Crippen LogP contribution is -2.38. The lowest BCUT2D eigenvalue weighted by Gasteiger charge is -2.23. The summed E-state index contributed by atoms with van der Waals surface area (Å²) in [6, 6.07) is 7.52. The zero-order chi connectivity index (χ0) is 15.0. The van der Waals surface area contributed by atoms with Gasteiger partial charge in [-0.1, -0.05) is 23.7 Å². The standard InChI is InChI=1S/C15H24ClNO2S/c1-15(2,20-3)11-17-8-14(18)10-19-9-12-4-6-13(16)7-5-12/h4-7,14,17-18H,8-11H2,1-3H3. The Morgan fingerprint density at radius 1 is 1.35 bits per heavy atom. The predicted molar refractivity (Wildman–Crippen MR) is 87.6 cm³/mol. The maximum Gasteiger partial charge on any atom is 0.0897 e. The smallest absolute Gasteiger partial charge is 0.0897 e. The number of ether oxygens (including phenoxy) is 1. The first-order valence-corrected chi connectivity index (χ1v) is 8.29. The van der Waals surface area contributed by atoms with Gasteiger partial charge in [-0.15, -0.1) is 0 Å². The van der Waals surface area contributed by atoms with Crippen molar-refractivity contribution in [2.45, 2.75) is 31.3 Å². The zero-order valence-electron chi connectivity index (χ0n) is 12.4. The minimum atomic E-state index is -0.486. The van der Waals surface area contributed by atoms with E-state index in [0.29, 0.717) is 19.8 Å². The van der Waals surface area contributed by atoms with Crippen LogP contribution in [0.3, 0.4) is 0 Å². The number of hydrogen-bond donors (Lipinski definition) is 2. The van der Waals surface area contributed by atoms with Gasteiger partial charge in [0.1, 0.15) is 0 Å². The van der Waals surface area contributed by atoms with Gasteiger partial charge in [-0.3, -0.25) is 0 Å². The van der Waals surface area contributed by atoms with Crippen molar-refractivity contribution in [2.24, 2.45) is 0 Å². The molecule has 0 aliphatic rings. The van der Waals surface area contributed by atoms with Crippen LogP contribution in [0.2, 0.25) is 5.02 Å². The Morgan fingerprint density at radius 2 is 2.00 bits per heavy atom. The molecule has 1 aromatic rings. The number of benzene rings is 1. The molecule has 0 heterocycles. The lowest BCUT2D eigenvalue weighted by molar-refractivity contribution is 0.0288. The van der Waals surface area contributed by atoms with E-state index in [1.54, 1.807) is 0 Å². The average molecular weight is 318 g/mol. The Labute approximate surface area is 131 Å². The van der Waals surface area contributed by atoms with Gasteiger partial charge in [0, 0.05) is 22.9 Å². The molecule has 0 aromatic heterocycles. The zero-order valence-corrected chi connectivity index (χ0v) is 13.9. The molecule has 3 nitrogen and oxygen atoms in total. The van der Waals surface area contributed by atoms with Crippen molar-refractivity contribution in [1.29, 1.82) is 0 Å². The van der Waals surface area contributed by atoms with Crippen LogP contribution in [0.25, 0.3) is 0 Å². The number of thioether (sulfide) groups is 1. The van der Waals surface area contributed by atoms with Gasteiger partial charge in [-0.25, -0.2) is 0 Å². The highest BCUT2D eigenvalue weighted by molar-refractivity contribution is 7.99. The van der Waals surface area contributed by atoms with Crippen LogP contribution >= 0.6 is 23.4 Å². The first kappa shape index (κ1) is 17.8. The fraction of sp³-hybridized carbons (Fsp3) is 0.600. The van der Waals surface area contributed by atoms with E-state index in [2.05, 4.69) is 25.4 Å². The van der Waals surface area contributed by atoms with Crippen molar-refractivity contribution in [2.75, 3.05) is 26.0 Å². The number of nitrogens with one attached hydrogen (secondary N) is 1. The van der Waals surface area contributed by atoms with E-state index < -0.39 is 6.10 Å². The van der Waals surface area contributed by atoms with Gasteiger partial charge in [0.15, 0.2) is 0 Å². The predicted octanol–water partition coefficient (Wildman–Crippen LogP) is 2.95. The van der Waals surface area contributed by atoms with E-state index in [9.17, 15) is 5.11 Å². The molecule has 0 aliphatic heterocycles. The van der Waals surface area contributed by atoms with E-state index in [1.165, 1.54) is 0 Å². The summed E-state index contributed by atoms with van der Waals surface area (Å²) in [5.41, 5.74) is 1.05. The Morgan fingerprint density at radius 3 is 2.60 bits per heavy atom. The summed E-state index contributed by atoms with van der Waals surface area (Å²) < 4.78 is 5.68. The average Bonchev–Trinajstić information content (AvgIpc) is 2.41. The molecule has 0 fully saturated rings. The van der Waals surface area contributed by atoms with Gasteiger partial charge < -0.3 is 15.2 Å². The summed E-state index contributed by atoms with van der Waals surface area (Å²) in [6.07, 6.45) is 1.60. The van der Waals surface area contributed by atoms with Gasteiger partial charge >= 0.3 is 0 Å². The second-order valence-electron chi connectivity index (χ2n) is 5.39. The molecule has 2 N–H and O–H groups in total. The van der Waals surface area contributed by atoms with Crippen molar-refractivity contribution >= 4 is 23.4 Å². The van der Waals surface area contributed by atoms with Crippen molar-refractivity contribution in [1.82, 2.24) is 5.32 Å². The minimum Gasteiger partial charge on any atom is -0.389 e. The molecule has 1 rings (SSSR count). The van der Waals surface area contributed by atoms with Gasteiger partial charge in [0.25, 0.3) is 0 Å². The summed E-state index contributed by atoms with van der Waals surface area (Å²) >= 11 is 7.62. The van der Waals surface area contributed by atoms with E-state index >= 15 is 0 Å². The number of aliphatic hydroxyl groups is 1. The SMILES string of the molecule is CSC(C)(C)CNCC(O)COCc1ccc(Cl)cc1. The Bertz CT molecular complexity index is 384. The maximum absolute atomic E-state index is 9.83. The molecule has 0 spiro atoms. The van der Waals surface area contributed by atoms with E-state index in [0.717, 1.165) is 17.1 Å². The molecule has 20 heavy (non-hydrogen) atoms. The number of hydrogen-bond acceptors (Lipinski definition) is 4. The van der Waals surface area contributed by atoms with Crippen molar-refractivity contribution < 1.29 is 9.84 Å². The molecule has 5 heteroatoms. The summed E-state index contributed by atoms with van der Waals surface area (Å²) in [7, 11) is 0. The number of rotatable bonds is 9. The fourth-order valence-electron chi connectivity index (χ4n) is 1.56. The van der Waals surface area contributed by atoms with Gasteiger partial charge in [-0.05, 0) is 37.8 Å². The first-order chi connectivity index (χ1) is 9.43. The molecule has 1 atom stereocenters. The highest BCUT2D eigenvalue weighted by atomic mass is 35.5. The third kappa shape index (κ3) is 7.50. The molecule has 0 saturated carbocycles. The Kier molecular flexibility index (Phi) is 7.92. The first-order valence-electron chi connectivity index (χ1n) is 6.69. The minimum absolute atomic E-state index is 0.184. The molecular weight excluding hydrogens is 294 g/mol. The van der Waals surface area contributed by atoms with E-state index in [1.807, 2.05) is 36.0 Å². The van der Waals surface area contributed by atoms with Crippen molar-refractivity contribution in [3.05, 3.63) is 34.9 Å². The molecule has 0 amide bonds. The van der Waals surface area contributed by atoms with Crippen molar-refractivity contribution in [3.8, 4) is 0 Å². The molecule has 0 bridgehead atoms. The van der Waals surface area contributed by atoms with Crippen LogP contribution in [0.4, 0.5) is 0 Å². The molecule has 0 saturated heterocycles. The quantitative estimate of drug-likeness (QED) is 0.735. The van der Waals surface area contributed by atoms with Crippen LogP contribution in [-0.2, 0) is 11.3 Å². The monoisotopic (exact) mass is 317 g/mol. The van der Waals surface area contributed by atoms with Crippen LogP contribution in [0.5, 0.6) is 0 Å². The van der Waals surface area contributed by atoms with E-state index in [-0.39, 0.29) is 4.75 Å². The number of halogens is 1. The van der Waals surface area contributed by atoms with Gasteiger partial charge in [0.05, 0.1) is 19.3 Å². The van der Waals surface area contributed by atoms with Crippen LogP contribution in [0.1, 0.15) is 19.4 Å². The van der Waals surface area contributed by atoms with E-state index in [4.69, 9.17) is 16.3 Å². The highest BCUT2D eigenvalue weighted by Crippen LogP contribution is 2.19. The largest absolute Gasteiger partial charge is 0.389 e. The third-order valence-corrected chi connectivity index (χ3v) is 4.48. The lowest BCUT2D eigenvalue weighted by atomic mass is 10.2. The third-order valence-electron chi connectivity index (χ3n) is 2.98. The molecule has 114 valence electrons. The molecule has 1 aromatic carbocycles. The summed E-state index contributed by atoms with van der Waals surface area (Å²) in [4.78, 5) is 0. The summed E-state index contributed by atoms with van der Waals surface area (Å²) in [5.74, 6) is 0. The summed E-state index contributed by atoms with van der Waals surface area (Å²) in [6.45, 7) is 6.58. The van der Waals surface area contributed by atoms with Gasteiger partial charge in [-0.2, -0.15) is 11.8 Å². The maximum atomic E-state index is 9.83. The number of aliphatic hydroxyl groups excluding tert-OH is 1. The molecule has 1 unspecified atom stereocenters. The molecular formula is C15H24ClNO2S. The van der Waals surface area contributed by atoms with Gasteiger partial charge in [0.2, 0.25) is 0 Å². The second-order valence-corrected chi connectivity index (χ2v) is 7.34.